The summed E-state index contributed by atoms with van der Waals surface area (Å²) in [5, 5.41) is 14.8. The Bertz CT molecular complexity index is 1250. The van der Waals surface area contributed by atoms with Crippen LogP contribution < -0.4 is 15.1 Å². The van der Waals surface area contributed by atoms with Gasteiger partial charge in [-0.1, -0.05) is 29.8 Å². The van der Waals surface area contributed by atoms with E-state index in [1.807, 2.05) is 36.9 Å². The summed E-state index contributed by atoms with van der Waals surface area (Å²) in [6.45, 7) is 11.0. The molecular formula is C27H30N4O3. The number of aryl methyl sites for hydroxylation is 4. The maximum absolute atomic E-state index is 12.8. The first-order valence-corrected chi connectivity index (χ1v) is 11.5. The number of carbonyl (C=O) groups excluding carboxylic acids is 1. The van der Waals surface area contributed by atoms with Crippen LogP contribution in [0.2, 0.25) is 0 Å². The summed E-state index contributed by atoms with van der Waals surface area (Å²) in [5.74, 6) is -0.360. The minimum atomic E-state index is -0.402. The monoisotopic (exact) mass is 458 g/mol. The molecule has 1 saturated heterocycles. The average Bonchev–Trinajstić information content (AvgIpc) is 2.82. The molecule has 1 fully saturated rings. The minimum Gasteiger partial charge on any atom is -0.368 e. The number of benzene rings is 3. The first-order chi connectivity index (χ1) is 16.2. The van der Waals surface area contributed by atoms with Crippen molar-refractivity contribution in [3.8, 4) is 0 Å². The van der Waals surface area contributed by atoms with E-state index in [1.54, 1.807) is 12.1 Å². The molecule has 7 nitrogen and oxygen atoms in total. The zero-order chi connectivity index (χ0) is 24.4. The van der Waals surface area contributed by atoms with Crippen LogP contribution in [0, 0.1) is 37.8 Å². The van der Waals surface area contributed by atoms with Crippen LogP contribution in [0.1, 0.15) is 32.6 Å². The van der Waals surface area contributed by atoms with Gasteiger partial charge in [0.15, 0.2) is 0 Å². The van der Waals surface area contributed by atoms with Gasteiger partial charge in [-0.3, -0.25) is 14.9 Å². The molecule has 176 valence electrons. The first-order valence-electron chi connectivity index (χ1n) is 11.5. The van der Waals surface area contributed by atoms with Gasteiger partial charge in [0, 0.05) is 49.2 Å². The van der Waals surface area contributed by atoms with Crippen molar-refractivity contribution in [2.24, 2.45) is 0 Å². The summed E-state index contributed by atoms with van der Waals surface area (Å²) in [5.41, 5.74) is 7.18. The number of hydrogen-bond donors (Lipinski definition) is 1. The number of anilines is 3. The minimum absolute atomic E-state index is 0.0477. The lowest BCUT2D eigenvalue weighted by Crippen LogP contribution is -2.47. The van der Waals surface area contributed by atoms with Crippen LogP contribution in [0.15, 0.2) is 54.6 Å². The molecule has 0 bridgehead atoms. The Kier molecular flexibility index (Phi) is 6.54. The molecule has 34 heavy (non-hydrogen) atoms. The van der Waals surface area contributed by atoms with Crippen LogP contribution in [0.3, 0.4) is 0 Å². The highest BCUT2D eigenvalue weighted by Gasteiger charge is 2.26. The molecule has 0 aliphatic carbocycles. The number of nitro benzene ring substituents is 1. The standard InChI is InChI=1S/C27H30N4O3/c1-18-6-9-23(21(4)15-18)28-27(32)22-8-10-24(26(17-22)31(33)34)29-11-13-30(14-12-29)25-16-19(2)5-7-20(25)3/h5-10,15-17H,11-14H2,1-4H3,(H,28,32). The fourth-order valence-electron chi connectivity index (χ4n) is 4.48. The normalized spacial score (nSPS) is 13.6. The van der Waals surface area contributed by atoms with Crippen molar-refractivity contribution in [2.45, 2.75) is 27.7 Å². The van der Waals surface area contributed by atoms with Gasteiger partial charge in [0.2, 0.25) is 0 Å². The largest absolute Gasteiger partial charge is 0.368 e. The van der Waals surface area contributed by atoms with Crippen molar-refractivity contribution in [1.82, 2.24) is 0 Å². The van der Waals surface area contributed by atoms with E-state index in [0.29, 0.717) is 24.5 Å². The van der Waals surface area contributed by atoms with Crippen molar-refractivity contribution < 1.29 is 9.72 Å². The molecule has 3 aromatic rings. The molecule has 4 rings (SSSR count). The lowest BCUT2D eigenvalue weighted by molar-refractivity contribution is -0.384. The maximum atomic E-state index is 12.8. The van der Waals surface area contributed by atoms with E-state index in [0.717, 1.165) is 24.2 Å². The second-order valence-electron chi connectivity index (χ2n) is 9.00. The number of carbonyl (C=O) groups is 1. The quantitative estimate of drug-likeness (QED) is 0.409. The average molecular weight is 459 g/mol. The second kappa shape index (κ2) is 9.55. The van der Waals surface area contributed by atoms with E-state index in [9.17, 15) is 14.9 Å². The molecule has 1 aliphatic heterocycles. The number of piperazine rings is 1. The Labute approximate surface area is 200 Å². The van der Waals surface area contributed by atoms with Crippen molar-refractivity contribution in [2.75, 3.05) is 41.3 Å². The molecule has 1 N–H and O–H groups in total. The number of nitro groups is 1. The molecular weight excluding hydrogens is 428 g/mol. The van der Waals surface area contributed by atoms with Crippen LogP contribution in [0.4, 0.5) is 22.7 Å². The molecule has 3 aromatic carbocycles. The molecule has 0 atom stereocenters. The van der Waals surface area contributed by atoms with Gasteiger partial charge in [-0.2, -0.15) is 0 Å². The van der Waals surface area contributed by atoms with E-state index >= 15 is 0 Å². The van der Waals surface area contributed by atoms with Crippen molar-refractivity contribution >= 4 is 28.7 Å². The Balaban J connectivity index is 1.51. The Morgan fingerprint density at radius 1 is 0.794 bits per heavy atom. The van der Waals surface area contributed by atoms with Crippen LogP contribution >= 0.6 is 0 Å². The van der Waals surface area contributed by atoms with Crippen molar-refractivity contribution in [1.29, 1.82) is 0 Å². The summed E-state index contributed by atoms with van der Waals surface area (Å²) >= 11 is 0. The highest BCUT2D eigenvalue weighted by molar-refractivity contribution is 6.05. The number of amides is 1. The maximum Gasteiger partial charge on any atom is 0.293 e. The zero-order valence-corrected chi connectivity index (χ0v) is 20.1. The van der Waals surface area contributed by atoms with Crippen LogP contribution in [0.5, 0.6) is 0 Å². The SMILES string of the molecule is Cc1ccc(NC(=O)c2ccc(N3CCN(c4cc(C)ccc4C)CC3)c([N+](=O)[O-])c2)c(C)c1. The van der Waals surface area contributed by atoms with Crippen LogP contribution in [0.25, 0.3) is 0 Å². The molecule has 0 radical (unpaired) electrons. The van der Waals surface area contributed by atoms with Gasteiger partial charge in [0.25, 0.3) is 11.6 Å². The predicted octanol–water partition coefficient (Wildman–Crippen LogP) is 5.41. The third-order valence-corrected chi connectivity index (χ3v) is 6.39. The van der Waals surface area contributed by atoms with Gasteiger partial charge in [0.05, 0.1) is 4.92 Å². The highest BCUT2D eigenvalue weighted by Crippen LogP contribution is 2.32. The second-order valence-corrected chi connectivity index (χ2v) is 9.00. The molecule has 0 aromatic heterocycles. The van der Waals surface area contributed by atoms with Gasteiger partial charge in [-0.25, -0.2) is 0 Å². The number of rotatable bonds is 5. The first kappa shape index (κ1) is 23.3. The van der Waals surface area contributed by atoms with E-state index in [-0.39, 0.29) is 17.2 Å². The van der Waals surface area contributed by atoms with Crippen LogP contribution in [-0.2, 0) is 0 Å². The third-order valence-electron chi connectivity index (χ3n) is 6.39. The molecule has 1 aliphatic rings. The molecule has 1 amide bonds. The van der Waals surface area contributed by atoms with E-state index in [4.69, 9.17) is 0 Å². The molecule has 0 unspecified atom stereocenters. The smallest absolute Gasteiger partial charge is 0.293 e. The van der Waals surface area contributed by atoms with Crippen molar-refractivity contribution in [3.63, 3.8) is 0 Å². The van der Waals surface area contributed by atoms with Gasteiger partial charge >= 0.3 is 0 Å². The van der Waals surface area contributed by atoms with E-state index in [2.05, 4.69) is 42.3 Å². The summed E-state index contributed by atoms with van der Waals surface area (Å²) in [6.07, 6.45) is 0. The molecule has 0 saturated carbocycles. The molecule has 7 heteroatoms. The fraction of sp³-hybridized carbons (Fsp3) is 0.296. The summed E-state index contributed by atoms with van der Waals surface area (Å²) in [4.78, 5) is 28.7. The van der Waals surface area contributed by atoms with Gasteiger partial charge in [-0.15, -0.1) is 0 Å². The number of nitrogens with one attached hydrogen (secondary N) is 1. The molecule has 1 heterocycles. The summed E-state index contributed by atoms with van der Waals surface area (Å²) in [7, 11) is 0. The lowest BCUT2D eigenvalue weighted by Gasteiger charge is -2.37. The molecule has 0 spiro atoms. The Hall–Kier alpha value is -3.87. The topological polar surface area (TPSA) is 78.7 Å². The fourth-order valence-corrected chi connectivity index (χ4v) is 4.48. The van der Waals surface area contributed by atoms with E-state index < -0.39 is 4.92 Å². The Morgan fingerprint density at radius 3 is 2.06 bits per heavy atom. The zero-order valence-electron chi connectivity index (χ0n) is 20.1. The lowest BCUT2D eigenvalue weighted by atomic mass is 10.1. The van der Waals surface area contributed by atoms with Gasteiger partial charge in [0.1, 0.15) is 5.69 Å². The summed E-state index contributed by atoms with van der Waals surface area (Å²) < 4.78 is 0. The van der Waals surface area contributed by atoms with Crippen LogP contribution in [-0.4, -0.2) is 37.0 Å². The summed E-state index contributed by atoms with van der Waals surface area (Å²) in [6, 6.07) is 16.9. The van der Waals surface area contributed by atoms with Gasteiger partial charge in [-0.05, 0) is 68.7 Å². The Morgan fingerprint density at radius 2 is 1.41 bits per heavy atom. The van der Waals surface area contributed by atoms with E-state index in [1.165, 1.54) is 22.9 Å². The van der Waals surface area contributed by atoms with Gasteiger partial charge < -0.3 is 15.1 Å². The third kappa shape index (κ3) is 4.88. The highest BCUT2D eigenvalue weighted by atomic mass is 16.6. The van der Waals surface area contributed by atoms with Crippen molar-refractivity contribution in [3.05, 3.63) is 92.5 Å². The number of nitrogens with zero attached hydrogens (tertiary/aromatic N) is 3. The predicted molar refractivity (Wildman–Crippen MR) is 137 cm³/mol. The number of hydrogen-bond acceptors (Lipinski definition) is 5.